The van der Waals surface area contributed by atoms with Gasteiger partial charge in [-0.25, -0.2) is 17.7 Å². The van der Waals surface area contributed by atoms with Crippen LogP contribution < -0.4 is 4.74 Å². The first kappa shape index (κ1) is 30.1. The number of hydrogen-bond donors (Lipinski definition) is 0. The summed E-state index contributed by atoms with van der Waals surface area (Å²) in [6.07, 6.45) is 6.85. The molecule has 1 aromatic carbocycles. The van der Waals surface area contributed by atoms with Gasteiger partial charge in [-0.05, 0) is 59.6 Å². The molecule has 1 fully saturated rings. The van der Waals surface area contributed by atoms with E-state index in [9.17, 15) is 18.5 Å². The second-order valence-electron chi connectivity index (χ2n) is 11.9. The van der Waals surface area contributed by atoms with Gasteiger partial charge in [-0.3, -0.25) is 4.68 Å². The Bertz CT molecular complexity index is 1820. The summed E-state index contributed by atoms with van der Waals surface area (Å²) < 4.78 is 40.4. The van der Waals surface area contributed by atoms with Gasteiger partial charge in [-0.2, -0.15) is 15.5 Å². The molecular weight excluding hydrogens is 568 g/mol. The van der Waals surface area contributed by atoms with Gasteiger partial charge >= 0.3 is 6.09 Å². The van der Waals surface area contributed by atoms with Gasteiger partial charge in [0.2, 0.25) is 0 Å². The zero-order valence-electron chi connectivity index (χ0n) is 25.2. The summed E-state index contributed by atoms with van der Waals surface area (Å²) in [6, 6.07) is 10.9. The molecule has 1 unspecified atom stereocenters. The number of rotatable bonds is 6. The van der Waals surface area contributed by atoms with Crippen LogP contribution in [0.5, 0.6) is 5.75 Å². The van der Waals surface area contributed by atoms with Gasteiger partial charge in [-0.1, -0.05) is 18.2 Å². The van der Waals surface area contributed by atoms with Crippen molar-refractivity contribution in [3.8, 4) is 22.9 Å². The number of nitrogens with zero attached hydrogens (tertiary/aromatic N) is 6. The van der Waals surface area contributed by atoms with Gasteiger partial charge in [0.05, 0.1) is 23.3 Å². The first-order chi connectivity index (χ1) is 20.3. The molecule has 4 heterocycles. The lowest BCUT2D eigenvalue weighted by atomic mass is 10.0. The molecule has 0 radical (unpaired) electrons. The first-order valence-electron chi connectivity index (χ1n) is 14.2. The van der Waals surface area contributed by atoms with Gasteiger partial charge in [0.1, 0.15) is 34.6 Å². The van der Waals surface area contributed by atoms with Crippen LogP contribution in [0.3, 0.4) is 0 Å². The number of likely N-dealkylation sites (tertiary alicyclic amines) is 1. The number of sulfone groups is 1. The molecule has 0 bridgehead atoms. The number of benzene rings is 1. The number of fused-ring (bicyclic) bond motifs is 1. The maximum absolute atomic E-state index is 12.5. The molecule has 0 saturated carbocycles. The van der Waals surface area contributed by atoms with Crippen molar-refractivity contribution in [2.24, 2.45) is 0 Å². The molecule has 1 amide bonds. The van der Waals surface area contributed by atoms with Crippen LogP contribution in [0.15, 0.2) is 53.8 Å². The number of amides is 1. The number of ether oxygens (including phenoxy) is 2. The SMILES string of the molecule is Cc1c(-c2cc(OC(C)c3ccccc3S(C)(=O)=O)c3c(C#N)cnn3c2)cnn1C1CCN(C(=O)OC(C)(C)C)CC1. The highest BCUT2D eigenvalue weighted by Gasteiger charge is 2.29. The van der Waals surface area contributed by atoms with Gasteiger partial charge in [-0.15, -0.1) is 0 Å². The number of piperidine rings is 1. The molecule has 1 aliphatic rings. The van der Waals surface area contributed by atoms with Crippen molar-refractivity contribution in [3.63, 3.8) is 0 Å². The third-order valence-corrected chi connectivity index (χ3v) is 8.75. The lowest BCUT2D eigenvalue weighted by Crippen LogP contribution is -2.42. The molecule has 226 valence electrons. The molecule has 3 aromatic heterocycles. The van der Waals surface area contributed by atoms with Crippen LogP contribution in [0, 0.1) is 18.3 Å². The Morgan fingerprint density at radius 2 is 1.84 bits per heavy atom. The number of carbonyl (C=O) groups is 1. The topological polar surface area (TPSA) is 132 Å². The largest absolute Gasteiger partial charge is 0.484 e. The van der Waals surface area contributed by atoms with Crippen molar-refractivity contribution >= 4 is 21.4 Å². The van der Waals surface area contributed by atoms with Crippen molar-refractivity contribution in [1.82, 2.24) is 24.3 Å². The van der Waals surface area contributed by atoms with Gasteiger partial charge in [0.25, 0.3) is 0 Å². The van der Waals surface area contributed by atoms with Gasteiger partial charge in [0.15, 0.2) is 9.84 Å². The Morgan fingerprint density at radius 1 is 1.14 bits per heavy atom. The molecule has 0 N–H and O–H groups in total. The second-order valence-corrected chi connectivity index (χ2v) is 13.9. The Labute approximate surface area is 251 Å². The molecular formula is C31H36N6O5S. The number of aromatic nitrogens is 4. The maximum atomic E-state index is 12.5. The average molecular weight is 605 g/mol. The predicted octanol–water partition coefficient (Wildman–Crippen LogP) is 5.49. The van der Waals surface area contributed by atoms with E-state index in [0.717, 1.165) is 29.7 Å². The van der Waals surface area contributed by atoms with E-state index in [1.54, 1.807) is 46.8 Å². The molecule has 43 heavy (non-hydrogen) atoms. The molecule has 11 nitrogen and oxygen atoms in total. The first-order valence-corrected chi connectivity index (χ1v) is 16.1. The van der Waals surface area contributed by atoms with E-state index in [-0.39, 0.29) is 17.0 Å². The van der Waals surface area contributed by atoms with Crippen molar-refractivity contribution in [2.75, 3.05) is 19.3 Å². The summed E-state index contributed by atoms with van der Waals surface area (Å²) in [5.74, 6) is 0.403. The fraction of sp³-hybridized carbons (Fsp3) is 0.419. The predicted molar refractivity (Wildman–Crippen MR) is 161 cm³/mol. The summed E-state index contributed by atoms with van der Waals surface area (Å²) in [6.45, 7) is 10.5. The molecule has 12 heteroatoms. The third-order valence-electron chi connectivity index (χ3n) is 7.58. The van der Waals surface area contributed by atoms with Crippen molar-refractivity contribution in [2.45, 2.75) is 70.1 Å². The molecule has 0 spiro atoms. The minimum Gasteiger partial charge on any atom is -0.484 e. The summed E-state index contributed by atoms with van der Waals surface area (Å²) >= 11 is 0. The normalized spacial score (nSPS) is 15.3. The number of pyridine rings is 1. The van der Waals surface area contributed by atoms with E-state index in [4.69, 9.17) is 14.6 Å². The van der Waals surface area contributed by atoms with E-state index in [1.165, 1.54) is 12.5 Å². The zero-order valence-corrected chi connectivity index (χ0v) is 26.1. The Hall–Kier alpha value is -4.37. The summed E-state index contributed by atoms with van der Waals surface area (Å²) in [7, 11) is -3.49. The Kier molecular flexibility index (Phi) is 7.96. The lowest BCUT2D eigenvalue weighted by Gasteiger charge is -2.33. The summed E-state index contributed by atoms with van der Waals surface area (Å²) in [4.78, 5) is 14.5. The Morgan fingerprint density at radius 3 is 2.49 bits per heavy atom. The van der Waals surface area contributed by atoms with E-state index >= 15 is 0 Å². The van der Waals surface area contributed by atoms with Crippen LogP contribution in [-0.2, 0) is 14.6 Å². The van der Waals surface area contributed by atoms with Gasteiger partial charge in [0, 0.05) is 47.9 Å². The monoisotopic (exact) mass is 604 g/mol. The molecule has 1 aliphatic heterocycles. The van der Waals surface area contributed by atoms with E-state index < -0.39 is 21.5 Å². The van der Waals surface area contributed by atoms with Crippen LogP contribution in [-0.4, -0.2) is 63.8 Å². The quantitative estimate of drug-likeness (QED) is 0.282. The molecule has 1 saturated heterocycles. The zero-order chi connectivity index (χ0) is 31.1. The van der Waals surface area contributed by atoms with Crippen molar-refractivity contribution < 1.29 is 22.7 Å². The van der Waals surface area contributed by atoms with Crippen molar-refractivity contribution in [3.05, 3.63) is 65.7 Å². The maximum Gasteiger partial charge on any atom is 0.410 e. The second kappa shape index (κ2) is 11.4. The molecule has 1 atom stereocenters. The highest BCUT2D eigenvalue weighted by molar-refractivity contribution is 7.90. The van der Waals surface area contributed by atoms with E-state index in [0.29, 0.717) is 35.5 Å². The fourth-order valence-electron chi connectivity index (χ4n) is 5.51. The highest BCUT2D eigenvalue weighted by Crippen LogP contribution is 2.36. The van der Waals surface area contributed by atoms with Gasteiger partial charge < -0.3 is 14.4 Å². The average Bonchev–Trinajstić information content (AvgIpc) is 3.55. The lowest BCUT2D eigenvalue weighted by molar-refractivity contribution is 0.0184. The number of hydrogen-bond acceptors (Lipinski definition) is 8. The smallest absolute Gasteiger partial charge is 0.410 e. The third kappa shape index (κ3) is 6.22. The summed E-state index contributed by atoms with van der Waals surface area (Å²) in [5, 5.41) is 18.9. The standard InChI is InChI=1S/C31H36N6O5S/c1-20-26(18-34-37(20)24-11-13-35(14-12-24)30(38)42-31(3,4)5)22-15-27(29-23(16-32)17-33-36(29)19-22)41-21(2)25-9-7-8-10-28(25)43(6,39)40/h7-10,15,17-19,21,24H,11-14H2,1-6H3. The number of nitriles is 1. The molecule has 4 aromatic rings. The number of carbonyl (C=O) groups excluding carboxylic acids is 1. The van der Waals surface area contributed by atoms with E-state index in [1.807, 2.05) is 44.6 Å². The molecule has 0 aliphatic carbocycles. The summed E-state index contributed by atoms with van der Waals surface area (Å²) in [5.41, 5.74) is 3.43. The van der Waals surface area contributed by atoms with Crippen LogP contribution in [0.25, 0.3) is 16.6 Å². The van der Waals surface area contributed by atoms with Crippen LogP contribution in [0.1, 0.15) is 69.5 Å². The Balaban J connectivity index is 1.44. The van der Waals surface area contributed by atoms with Crippen molar-refractivity contribution in [1.29, 1.82) is 5.26 Å². The van der Waals surface area contributed by atoms with E-state index in [2.05, 4.69) is 11.2 Å². The molecule has 5 rings (SSSR count). The van der Waals surface area contributed by atoms with Crippen LogP contribution in [0.2, 0.25) is 0 Å². The fourth-order valence-corrected chi connectivity index (χ4v) is 6.49. The van der Waals surface area contributed by atoms with Crippen LogP contribution in [0.4, 0.5) is 4.79 Å². The van der Waals surface area contributed by atoms with Crippen LogP contribution >= 0.6 is 0 Å². The minimum atomic E-state index is -3.49. The minimum absolute atomic E-state index is 0.120. The highest BCUT2D eigenvalue weighted by atomic mass is 32.2.